The molecule has 0 saturated heterocycles. The first-order valence-corrected chi connectivity index (χ1v) is 5.66. The van der Waals surface area contributed by atoms with Crippen molar-refractivity contribution in [1.82, 2.24) is 14.8 Å². The average Bonchev–Trinajstić information content (AvgIpc) is 2.41. The molecule has 21 heavy (non-hydrogen) atoms. The molecular weight excluding hydrogens is 289 g/mol. The van der Waals surface area contributed by atoms with Gasteiger partial charge in [-0.2, -0.15) is 18.3 Å². The summed E-state index contributed by atoms with van der Waals surface area (Å²) in [4.78, 5) is 26.6. The van der Waals surface area contributed by atoms with Crippen molar-refractivity contribution in [2.75, 3.05) is 5.32 Å². The summed E-state index contributed by atoms with van der Waals surface area (Å²) in [6, 6.07) is 3.80. The lowest BCUT2D eigenvalue weighted by molar-refractivity contribution is -0.137. The molecule has 6 nitrogen and oxygen atoms in total. The minimum absolute atomic E-state index is 0.115. The average molecular weight is 298 g/mol. The SMILES string of the molecule is Cn1nc(C(=O)Nc2cc(C(F)(F)F)ccn2)ccc1=O. The van der Waals surface area contributed by atoms with E-state index in [1.165, 1.54) is 13.1 Å². The van der Waals surface area contributed by atoms with Gasteiger partial charge in [0.2, 0.25) is 0 Å². The zero-order valence-corrected chi connectivity index (χ0v) is 10.7. The first kappa shape index (κ1) is 14.7. The van der Waals surface area contributed by atoms with E-state index in [4.69, 9.17) is 0 Å². The molecule has 1 N–H and O–H groups in total. The molecule has 1 amide bonds. The van der Waals surface area contributed by atoms with Gasteiger partial charge in [0, 0.05) is 19.3 Å². The first-order valence-electron chi connectivity index (χ1n) is 5.66. The van der Waals surface area contributed by atoms with Crippen LogP contribution in [0, 0.1) is 0 Å². The van der Waals surface area contributed by atoms with Crippen LogP contribution in [0.2, 0.25) is 0 Å². The first-order chi connectivity index (χ1) is 9.77. The molecule has 0 aromatic carbocycles. The van der Waals surface area contributed by atoms with E-state index >= 15 is 0 Å². The Labute approximate surface area is 116 Å². The molecule has 0 aliphatic carbocycles. The number of carbonyl (C=O) groups is 1. The maximum Gasteiger partial charge on any atom is 0.416 e. The number of alkyl halides is 3. The molecule has 0 atom stereocenters. The normalized spacial score (nSPS) is 11.2. The van der Waals surface area contributed by atoms with Gasteiger partial charge in [0.05, 0.1) is 5.56 Å². The smallest absolute Gasteiger partial charge is 0.305 e. The molecule has 2 aromatic heterocycles. The van der Waals surface area contributed by atoms with Crippen LogP contribution in [0.3, 0.4) is 0 Å². The standard InChI is InChI=1S/C12H9F3N4O2/c1-19-10(20)3-2-8(18-19)11(21)17-9-6-7(4-5-16-9)12(13,14)15/h2-6H,1H3,(H,16,17,21). The van der Waals surface area contributed by atoms with Gasteiger partial charge in [-0.15, -0.1) is 0 Å². The van der Waals surface area contributed by atoms with E-state index in [-0.39, 0.29) is 11.5 Å². The summed E-state index contributed by atoms with van der Waals surface area (Å²) >= 11 is 0. The van der Waals surface area contributed by atoms with Crippen LogP contribution in [-0.4, -0.2) is 20.7 Å². The van der Waals surface area contributed by atoms with E-state index in [9.17, 15) is 22.8 Å². The Morgan fingerprint density at radius 1 is 1.29 bits per heavy atom. The number of amides is 1. The number of hydrogen-bond donors (Lipinski definition) is 1. The summed E-state index contributed by atoms with van der Waals surface area (Å²) < 4.78 is 38.5. The number of rotatable bonds is 2. The molecular formula is C12H9F3N4O2. The molecule has 0 radical (unpaired) electrons. The van der Waals surface area contributed by atoms with E-state index in [1.54, 1.807) is 0 Å². The van der Waals surface area contributed by atoms with Crippen molar-refractivity contribution in [2.24, 2.45) is 7.05 Å². The second kappa shape index (κ2) is 5.35. The predicted molar refractivity (Wildman–Crippen MR) is 66.7 cm³/mol. The van der Waals surface area contributed by atoms with Crippen LogP contribution in [0.1, 0.15) is 16.1 Å². The van der Waals surface area contributed by atoms with Crippen molar-refractivity contribution in [2.45, 2.75) is 6.18 Å². The summed E-state index contributed by atoms with van der Waals surface area (Å²) in [6.07, 6.45) is -3.59. The fraction of sp³-hybridized carbons (Fsp3) is 0.167. The van der Waals surface area contributed by atoms with Gasteiger partial charge in [0.1, 0.15) is 11.5 Å². The molecule has 0 unspecified atom stereocenters. The van der Waals surface area contributed by atoms with E-state index in [1.807, 2.05) is 0 Å². The Bertz CT molecular complexity index is 740. The van der Waals surface area contributed by atoms with Gasteiger partial charge in [0.25, 0.3) is 11.5 Å². The molecule has 110 valence electrons. The predicted octanol–water partition coefficient (Wildman–Crippen LogP) is 1.45. The van der Waals surface area contributed by atoms with Gasteiger partial charge in [-0.25, -0.2) is 9.67 Å². The number of pyridine rings is 1. The fourth-order valence-corrected chi connectivity index (χ4v) is 1.48. The summed E-state index contributed by atoms with van der Waals surface area (Å²) in [5, 5.41) is 5.87. The van der Waals surface area contributed by atoms with Crippen LogP contribution in [-0.2, 0) is 13.2 Å². The van der Waals surface area contributed by atoms with Gasteiger partial charge < -0.3 is 5.32 Å². The summed E-state index contributed by atoms with van der Waals surface area (Å²) in [6.45, 7) is 0. The Kier molecular flexibility index (Phi) is 3.74. The third kappa shape index (κ3) is 3.44. The van der Waals surface area contributed by atoms with Gasteiger partial charge in [-0.3, -0.25) is 9.59 Å². The molecule has 2 rings (SSSR count). The highest BCUT2D eigenvalue weighted by Crippen LogP contribution is 2.29. The highest BCUT2D eigenvalue weighted by Gasteiger charge is 2.30. The van der Waals surface area contributed by atoms with Gasteiger partial charge >= 0.3 is 6.18 Å². The number of anilines is 1. The van der Waals surface area contributed by atoms with Crippen LogP contribution < -0.4 is 10.9 Å². The van der Waals surface area contributed by atoms with Crippen molar-refractivity contribution in [3.8, 4) is 0 Å². The number of nitrogens with one attached hydrogen (secondary N) is 1. The second-order valence-electron chi connectivity index (χ2n) is 4.06. The minimum Gasteiger partial charge on any atom is -0.305 e. The monoisotopic (exact) mass is 298 g/mol. The van der Waals surface area contributed by atoms with Crippen LogP contribution in [0.5, 0.6) is 0 Å². The van der Waals surface area contributed by atoms with Crippen molar-refractivity contribution in [3.05, 3.63) is 52.1 Å². The number of aromatic nitrogens is 3. The quantitative estimate of drug-likeness (QED) is 0.910. The van der Waals surface area contributed by atoms with E-state index < -0.39 is 23.2 Å². The minimum atomic E-state index is -4.53. The molecule has 2 aromatic rings. The van der Waals surface area contributed by atoms with Crippen LogP contribution in [0.25, 0.3) is 0 Å². The Morgan fingerprint density at radius 2 is 2.00 bits per heavy atom. The van der Waals surface area contributed by atoms with Crippen LogP contribution in [0.15, 0.2) is 35.3 Å². The second-order valence-corrected chi connectivity index (χ2v) is 4.06. The fourth-order valence-electron chi connectivity index (χ4n) is 1.48. The van der Waals surface area contributed by atoms with Crippen LogP contribution >= 0.6 is 0 Å². The number of nitrogens with zero attached hydrogens (tertiary/aromatic N) is 3. The van der Waals surface area contributed by atoms with Crippen molar-refractivity contribution >= 4 is 11.7 Å². The van der Waals surface area contributed by atoms with Crippen molar-refractivity contribution in [1.29, 1.82) is 0 Å². The maximum absolute atomic E-state index is 12.5. The number of carbonyl (C=O) groups excluding carboxylic acids is 1. The lowest BCUT2D eigenvalue weighted by atomic mass is 10.2. The van der Waals surface area contributed by atoms with E-state index in [0.717, 1.165) is 23.0 Å². The molecule has 0 aliphatic heterocycles. The molecule has 0 fully saturated rings. The zero-order valence-electron chi connectivity index (χ0n) is 10.7. The third-order valence-corrected chi connectivity index (χ3v) is 2.52. The summed E-state index contributed by atoms with van der Waals surface area (Å²) in [5.41, 5.74) is -1.46. The highest BCUT2D eigenvalue weighted by molar-refractivity contribution is 6.02. The number of halogens is 3. The lowest BCUT2D eigenvalue weighted by Crippen LogP contribution is -2.24. The van der Waals surface area contributed by atoms with E-state index in [0.29, 0.717) is 6.07 Å². The molecule has 0 spiro atoms. The van der Waals surface area contributed by atoms with Gasteiger partial charge in [-0.1, -0.05) is 0 Å². The number of aryl methyl sites for hydroxylation is 1. The zero-order chi connectivity index (χ0) is 15.6. The highest BCUT2D eigenvalue weighted by atomic mass is 19.4. The third-order valence-electron chi connectivity index (χ3n) is 2.52. The Morgan fingerprint density at radius 3 is 2.62 bits per heavy atom. The molecule has 0 saturated carbocycles. The largest absolute Gasteiger partial charge is 0.416 e. The molecule has 0 bridgehead atoms. The topological polar surface area (TPSA) is 76.9 Å². The van der Waals surface area contributed by atoms with Crippen molar-refractivity contribution in [3.63, 3.8) is 0 Å². The maximum atomic E-state index is 12.5. The summed E-state index contributed by atoms with van der Waals surface area (Å²) in [5.74, 6) is -1.03. The Balaban J connectivity index is 2.23. The lowest BCUT2D eigenvalue weighted by Gasteiger charge is -2.09. The van der Waals surface area contributed by atoms with Crippen molar-refractivity contribution < 1.29 is 18.0 Å². The number of hydrogen-bond acceptors (Lipinski definition) is 4. The van der Waals surface area contributed by atoms with Gasteiger partial charge in [0.15, 0.2) is 0 Å². The van der Waals surface area contributed by atoms with Gasteiger partial charge in [-0.05, 0) is 18.2 Å². The molecule has 9 heteroatoms. The van der Waals surface area contributed by atoms with E-state index in [2.05, 4.69) is 15.4 Å². The van der Waals surface area contributed by atoms with Crippen LogP contribution in [0.4, 0.5) is 19.0 Å². The Hall–Kier alpha value is -2.71. The summed E-state index contributed by atoms with van der Waals surface area (Å²) in [7, 11) is 1.35. The molecule has 0 aliphatic rings. The molecule has 2 heterocycles.